The van der Waals surface area contributed by atoms with Crippen molar-refractivity contribution in [2.75, 3.05) is 29.6 Å². The Bertz CT molecular complexity index is 1240. The van der Waals surface area contributed by atoms with Crippen LogP contribution in [0.5, 0.6) is 11.5 Å². The Morgan fingerprint density at radius 2 is 1.89 bits per heavy atom. The van der Waals surface area contributed by atoms with E-state index >= 15 is 0 Å². The van der Waals surface area contributed by atoms with Crippen LogP contribution < -0.4 is 20.1 Å². The van der Waals surface area contributed by atoms with Gasteiger partial charge in [0.2, 0.25) is 11.1 Å². The standard InChI is InChI=1S/C28H35N5O3S/c1-5-8-16-36-22-15-14-20(18-23(22)35-7-3)25-24(26(34)30-21-12-10-9-11-13-21)19(4)29-27-31-28(32-33(25)27)37-17-6-2/h9-15,18,25H,5-8,16-17H2,1-4H3,(H,30,34)(H,29,31,32). The van der Waals surface area contributed by atoms with Gasteiger partial charge in [0.15, 0.2) is 11.5 Å². The van der Waals surface area contributed by atoms with Gasteiger partial charge in [0, 0.05) is 17.1 Å². The van der Waals surface area contributed by atoms with E-state index in [1.165, 1.54) is 0 Å². The van der Waals surface area contributed by atoms with E-state index in [4.69, 9.17) is 19.6 Å². The minimum absolute atomic E-state index is 0.202. The van der Waals surface area contributed by atoms with Crippen LogP contribution in [-0.2, 0) is 4.79 Å². The summed E-state index contributed by atoms with van der Waals surface area (Å²) in [5.74, 6) is 2.67. The first kappa shape index (κ1) is 26.6. The SMILES string of the molecule is CCCCOc1ccc(C2C(C(=O)Nc3ccccc3)=C(C)Nc3nc(SCCC)nn32)cc1OCC. The number of nitrogens with zero attached hydrogens (tertiary/aromatic N) is 3. The number of carbonyl (C=O) groups excluding carboxylic acids is 1. The summed E-state index contributed by atoms with van der Waals surface area (Å²) >= 11 is 1.60. The number of hydrogen-bond donors (Lipinski definition) is 2. The fourth-order valence-corrected chi connectivity index (χ4v) is 4.80. The van der Waals surface area contributed by atoms with Crippen LogP contribution in [0.3, 0.4) is 0 Å². The molecular formula is C28H35N5O3S. The van der Waals surface area contributed by atoms with Gasteiger partial charge in [-0.2, -0.15) is 4.98 Å². The fraction of sp³-hybridized carbons (Fsp3) is 0.393. The van der Waals surface area contributed by atoms with E-state index in [1.54, 1.807) is 16.4 Å². The Morgan fingerprint density at radius 3 is 2.62 bits per heavy atom. The zero-order valence-electron chi connectivity index (χ0n) is 21.9. The molecule has 0 aliphatic carbocycles. The van der Waals surface area contributed by atoms with E-state index in [2.05, 4.69) is 24.5 Å². The van der Waals surface area contributed by atoms with Crippen molar-refractivity contribution < 1.29 is 14.3 Å². The summed E-state index contributed by atoms with van der Waals surface area (Å²) in [5, 5.41) is 11.8. The lowest BCUT2D eigenvalue weighted by atomic mass is 9.94. The van der Waals surface area contributed by atoms with Gasteiger partial charge in [0.1, 0.15) is 6.04 Å². The summed E-state index contributed by atoms with van der Waals surface area (Å²) in [6, 6.07) is 14.8. The molecule has 0 saturated heterocycles. The maximum Gasteiger partial charge on any atom is 0.255 e. The number of fused-ring (bicyclic) bond motifs is 1. The van der Waals surface area contributed by atoms with Crippen molar-refractivity contribution in [3.63, 3.8) is 0 Å². The lowest BCUT2D eigenvalue weighted by Crippen LogP contribution is -2.31. The molecule has 1 aromatic heterocycles. The molecule has 3 aromatic rings. The van der Waals surface area contributed by atoms with Crippen molar-refractivity contribution in [1.82, 2.24) is 14.8 Å². The van der Waals surface area contributed by atoms with Crippen LogP contribution in [0.1, 0.15) is 58.6 Å². The van der Waals surface area contributed by atoms with Gasteiger partial charge in [-0.1, -0.05) is 56.3 Å². The Morgan fingerprint density at radius 1 is 1.08 bits per heavy atom. The Kier molecular flexibility index (Phi) is 9.11. The number of anilines is 2. The third-order valence-corrected chi connectivity index (χ3v) is 6.93. The second-order valence-corrected chi connectivity index (χ2v) is 9.80. The molecule has 2 aromatic carbocycles. The predicted octanol–water partition coefficient (Wildman–Crippen LogP) is 6.29. The zero-order valence-corrected chi connectivity index (χ0v) is 22.7. The number of allylic oxidation sites excluding steroid dienone is 1. The van der Waals surface area contributed by atoms with Gasteiger partial charge in [0.25, 0.3) is 5.91 Å². The molecule has 1 amide bonds. The molecular weight excluding hydrogens is 486 g/mol. The second kappa shape index (κ2) is 12.7. The molecule has 9 heteroatoms. The molecule has 1 unspecified atom stereocenters. The molecule has 0 bridgehead atoms. The average molecular weight is 522 g/mol. The van der Waals surface area contributed by atoms with Crippen molar-refractivity contribution in [2.24, 2.45) is 0 Å². The summed E-state index contributed by atoms with van der Waals surface area (Å²) in [6.45, 7) is 9.23. The highest BCUT2D eigenvalue weighted by Gasteiger charge is 2.35. The minimum Gasteiger partial charge on any atom is -0.490 e. The summed E-state index contributed by atoms with van der Waals surface area (Å²) in [6.07, 6.45) is 3.03. The number of hydrogen-bond acceptors (Lipinski definition) is 7. The summed E-state index contributed by atoms with van der Waals surface area (Å²) in [4.78, 5) is 18.4. The molecule has 1 aliphatic rings. The molecule has 196 valence electrons. The van der Waals surface area contributed by atoms with Crippen molar-refractivity contribution >= 4 is 29.3 Å². The van der Waals surface area contributed by atoms with Crippen LogP contribution >= 0.6 is 11.8 Å². The second-order valence-electron chi connectivity index (χ2n) is 8.74. The molecule has 37 heavy (non-hydrogen) atoms. The number of amides is 1. The van der Waals surface area contributed by atoms with Crippen molar-refractivity contribution in [3.05, 3.63) is 65.4 Å². The van der Waals surface area contributed by atoms with E-state index in [0.717, 1.165) is 42.0 Å². The first-order valence-electron chi connectivity index (χ1n) is 12.9. The van der Waals surface area contributed by atoms with Crippen LogP contribution in [0, 0.1) is 0 Å². The maximum absolute atomic E-state index is 13.7. The van der Waals surface area contributed by atoms with Crippen molar-refractivity contribution in [2.45, 2.75) is 58.2 Å². The molecule has 0 saturated carbocycles. The Labute approximate surface area is 222 Å². The third kappa shape index (κ3) is 6.28. The molecule has 0 spiro atoms. The smallest absolute Gasteiger partial charge is 0.255 e. The number of nitrogens with one attached hydrogen (secondary N) is 2. The molecule has 1 atom stereocenters. The van der Waals surface area contributed by atoms with Gasteiger partial charge < -0.3 is 20.1 Å². The van der Waals surface area contributed by atoms with Crippen molar-refractivity contribution in [3.8, 4) is 11.5 Å². The Hall–Kier alpha value is -3.46. The highest BCUT2D eigenvalue weighted by molar-refractivity contribution is 7.99. The molecule has 2 N–H and O–H groups in total. The molecule has 0 radical (unpaired) electrons. The van der Waals surface area contributed by atoms with Crippen LogP contribution in [0.4, 0.5) is 11.6 Å². The number of para-hydroxylation sites is 1. The van der Waals surface area contributed by atoms with Crippen LogP contribution in [0.25, 0.3) is 0 Å². The van der Waals surface area contributed by atoms with Gasteiger partial charge in [0.05, 0.1) is 18.8 Å². The number of ether oxygens (including phenoxy) is 2. The third-order valence-electron chi connectivity index (χ3n) is 5.88. The van der Waals surface area contributed by atoms with E-state index in [0.29, 0.717) is 41.4 Å². The summed E-state index contributed by atoms with van der Waals surface area (Å²) < 4.78 is 13.8. The molecule has 8 nitrogen and oxygen atoms in total. The fourth-order valence-electron chi connectivity index (χ4n) is 4.12. The monoisotopic (exact) mass is 521 g/mol. The minimum atomic E-state index is -0.493. The predicted molar refractivity (Wildman–Crippen MR) is 149 cm³/mol. The topological polar surface area (TPSA) is 90.3 Å². The van der Waals surface area contributed by atoms with E-state index in [9.17, 15) is 4.79 Å². The maximum atomic E-state index is 13.7. The van der Waals surface area contributed by atoms with E-state index < -0.39 is 6.04 Å². The van der Waals surface area contributed by atoms with Gasteiger partial charge in [-0.25, -0.2) is 4.68 Å². The van der Waals surface area contributed by atoms with E-state index in [-0.39, 0.29) is 5.91 Å². The lowest BCUT2D eigenvalue weighted by molar-refractivity contribution is -0.113. The zero-order chi connectivity index (χ0) is 26.2. The number of unbranched alkanes of at least 4 members (excludes halogenated alkanes) is 1. The lowest BCUT2D eigenvalue weighted by Gasteiger charge is -2.29. The summed E-state index contributed by atoms with van der Waals surface area (Å²) in [5.41, 5.74) is 2.88. The van der Waals surface area contributed by atoms with Gasteiger partial charge in [-0.05, 0) is 56.5 Å². The van der Waals surface area contributed by atoms with Gasteiger partial charge in [-0.15, -0.1) is 5.10 Å². The first-order valence-corrected chi connectivity index (χ1v) is 13.9. The molecule has 4 rings (SSSR count). The Balaban J connectivity index is 1.76. The molecule has 1 aliphatic heterocycles. The number of benzene rings is 2. The number of thioether (sulfide) groups is 1. The van der Waals surface area contributed by atoms with Crippen molar-refractivity contribution in [1.29, 1.82) is 0 Å². The largest absolute Gasteiger partial charge is 0.490 e. The number of aromatic nitrogens is 3. The van der Waals surface area contributed by atoms with E-state index in [1.807, 2.05) is 62.4 Å². The number of rotatable bonds is 12. The van der Waals surface area contributed by atoms with Gasteiger partial charge >= 0.3 is 0 Å². The average Bonchev–Trinajstić information content (AvgIpc) is 3.30. The van der Waals surface area contributed by atoms with Crippen LogP contribution in [0.2, 0.25) is 0 Å². The highest BCUT2D eigenvalue weighted by atomic mass is 32.2. The first-order chi connectivity index (χ1) is 18.0. The highest BCUT2D eigenvalue weighted by Crippen LogP contribution is 2.40. The molecule has 2 heterocycles. The number of carbonyl (C=O) groups is 1. The molecule has 0 fully saturated rings. The summed E-state index contributed by atoms with van der Waals surface area (Å²) in [7, 11) is 0. The normalized spacial score (nSPS) is 14.6. The van der Waals surface area contributed by atoms with Gasteiger partial charge in [-0.3, -0.25) is 4.79 Å². The quantitative estimate of drug-likeness (QED) is 0.214. The van der Waals surface area contributed by atoms with Crippen LogP contribution in [0.15, 0.2) is 65.0 Å². The van der Waals surface area contributed by atoms with Crippen LogP contribution in [-0.4, -0.2) is 39.6 Å².